The number of fused-ring (bicyclic) bond motifs is 1. The molecule has 1 unspecified atom stereocenters. The molecule has 14 nitrogen and oxygen atoms in total. The number of carboxylic acids is 1. The lowest BCUT2D eigenvalue weighted by molar-refractivity contribution is -0.138. The molecular weight excluding hydrogens is 566 g/mol. The summed E-state index contributed by atoms with van der Waals surface area (Å²) in [5, 5.41) is 18.5. The van der Waals surface area contributed by atoms with Crippen molar-refractivity contribution < 1.29 is 24.2 Å². The van der Waals surface area contributed by atoms with Crippen LogP contribution in [0.15, 0.2) is 17.6 Å². The molecule has 4 bridgehead atoms. The number of alkyl carbamates (subject to hydrolysis) is 1. The largest absolute Gasteiger partial charge is 0.481 e. The van der Waals surface area contributed by atoms with Crippen molar-refractivity contribution >= 4 is 40.9 Å². The Bertz CT molecular complexity index is 1410. The molecule has 0 spiro atoms. The highest BCUT2D eigenvalue weighted by atomic mass is 16.5. The van der Waals surface area contributed by atoms with E-state index in [0.717, 1.165) is 50.0 Å². The molecule has 2 aromatic rings. The first-order valence-corrected chi connectivity index (χ1v) is 16.0. The fourth-order valence-corrected chi connectivity index (χ4v) is 8.74. The smallest absolute Gasteiger partial charge is 0.408 e. The van der Waals surface area contributed by atoms with Crippen LogP contribution < -0.4 is 20.9 Å². The number of nitrogens with one attached hydrogen (secondary N) is 3. The molecule has 4 aliphatic carbocycles. The SMILES string of the molecule is O=C(O)CC(NC(=O)OCC12CC3CC(CC(C3)C1)C2)n1cnc2c(N3CCC(C(=O)NC4=NCCCN4)CC3)ncnc21. The van der Waals surface area contributed by atoms with Crippen molar-refractivity contribution in [2.24, 2.45) is 34.1 Å². The van der Waals surface area contributed by atoms with Crippen molar-refractivity contribution in [2.75, 3.05) is 37.7 Å². The van der Waals surface area contributed by atoms with Crippen LogP contribution in [0.3, 0.4) is 0 Å². The average Bonchev–Trinajstić information content (AvgIpc) is 3.44. The van der Waals surface area contributed by atoms with Crippen LogP contribution in [-0.2, 0) is 14.3 Å². The number of nitrogens with zero attached hydrogens (tertiary/aromatic N) is 6. The number of rotatable bonds is 8. The van der Waals surface area contributed by atoms with Crippen LogP contribution in [-0.4, -0.2) is 81.3 Å². The topological polar surface area (TPSA) is 176 Å². The van der Waals surface area contributed by atoms with E-state index in [1.54, 1.807) is 4.57 Å². The van der Waals surface area contributed by atoms with Gasteiger partial charge in [-0.2, -0.15) is 0 Å². The molecule has 8 rings (SSSR count). The second kappa shape index (κ2) is 11.8. The minimum absolute atomic E-state index is 0.0347. The van der Waals surface area contributed by atoms with Gasteiger partial charge in [0, 0.05) is 37.5 Å². The van der Waals surface area contributed by atoms with Gasteiger partial charge in [0.25, 0.3) is 0 Å². The highest BCUT2D eigenvalue weighted by molar-refractivity contribution is 5.98. The second-order valence-electron chi connectivity index (χ2n) is 13.5. The van der Waals surface area contributed by atoms with Crippen LogP contribution in [0.25, 0.3) is 11.2 Å². The average molecular weight is 608 g/mol. The quantitative estimate of drug-likeness (QED) is 0.349. The minimum Gasteiger partial charge on any atom is -0.481 e. The third kappa shape index (κ3) is 5.90. The van der Waals surface area contributed by atoms with Crippen LogP contribution in [0.4, 0.5) is 10.6 Å². The Morgan fingerprint density at radius 3 is 2.45 bits per heavy atom. The number of guanidine groups is 1. The third-order valence-electron chi connectivity index (χ3n) is 10.3. The molecule has 236 valence electrons. The first-order valence-electron chi connectivity index (χ1n) is 16.0. The number of imidazole rings is 1. The van der Waals surface area contributed by atoms with Gasteiger partial charge in [-0.25, -0.2) is 19.7 Å². The fourth-order valence-electron chi connectivity index (χ4n) is 8.74. The molecule has 1 atom stereocenters. The maximum Gasteiger partial charge on any atom is 0.408 e. The summed E-state index contributed by atoms with van der Waals surface area (Å²) in [6.45, 7) is 3.09. The predicted octanol–water partition coefficient (Wildman–Crippen LogP) is 2.42. The maximum absolute atomic E-state index is 13.0. The monoisotopic (exact) mass is 607 g/mol. The number of piperidine rings is 1. The van der Waals surface area contributed by atoms with E-state index in [9.17, 15) is 19.5 Å². The Balaban J connectivity index is 1.01. The Hall–Kier alpha value is -3.97. The van der Waals surface area contributed by atoms with Crippen molar-refractivity contribution in [1.29, 1.82) is 0 Å². The second-order valence-corrected chi connectivity index (χ2v) is 13.5. The summed E-state index contributed by atoms with van der Waals surface area (Å²) < 4.78 is 7.35. The number of carbonyl (C=O) groups excluding carboxylic acids is 2. The predicted molar refractivity (Wildman–Crippen MR) is 160 cm³/mol. The lowest BCUT2D eigenvalue weighted by Gasteiger charge is -2.56. The van der Waals surface area contributed by atoms with Crippen LogP contribution in [0.5, 0.6) is 0 Å². The first-order chi connectivity index (χ1) is 21.3. The van der Waals surface area contributed by atoms with E-state index in [1.165, 1.54) is 31.9 Å². The summed E-state index contributed by atoms with van der Waals surface area (Å²) in [6, 6.07) is 0. The van der Waals surface area contributed by atoms with Gasteiger partial charge >= 0.3 is 12.1 Å². The molecule has 2 aliphatic heterocycles. The number of ether oxygens (including phenoxy) is 1. The number of carboxylic acid groups (broad SMARTS) is 1. The lowest BCUT2D eigenvalue weighted by atomic mass is 9.50. The Morgan fingerprint density at radius 1 is 1.07 bits per heavy atom. The highest BCUT2D eigenvalue weighted by Gasteiger charge is 2.51. The van der Waals surface area contributed by atoms with Gasteiger partial charge in [-0.05, 0) is 75.5 Å². The van der Waals surface area contributed by atoms with Gasteiger partial charge in [0.1, 0.15) is 12.5 Å². The zero-order valence-electron chi connectivity index (χ0n) is 24.9. The Morgan fingerprint density at radius 2 is 1.80 bits per heavy atom. The van der Waals surface area contributed by atoms with Crippen molar-refractivity contribution in [2.45, 2.75) is 70.4 Å². The lowest BCUT2D eigenvalue weighted by Crippen LogP contribution is -2.49. The summed E-state index contributed by atoms with van der Waals surface area (Å²) in [6.07, 6.45) is 10.5. The number of carbonyl (C=O) groups is 3. The normalized spacial score (nSPS) is 28.7. The van der Waals surface area contributed by atoms with Crippen molar-refractivity contribution in [3.8, 4) is 0 Å². The molecule has 2 amide bonds. The number of amides is 2. The minimum atomic E-state index is -1.07. The number of anilines is 1. The van der Waals surface area contributed by atoms with Crippen LogP contribution in [0.2, 0.25) is 0 Å². The molecular formula is C30H41N9O5. The van der Waals surface area contributed by atoms with Gasteiger partial charge < -0.3 is 25.4 Å². The summed E-state index contributed by atoms with van der Waals surface area (Å²) in [7, 11) is 0. The summed E-state index contributed by atoms with van der Waals surface area (Å²) >= 11 is 0. The zero-order chi connectivity index (χ0) is 30.3. The van der Waals surface area contributed by atoms with Crippen LogP contribution >= 0.6 is 0 Å². The Kier molecular flexibility index (Phi) is 7.75. The maximum atomic E-state index is 13.0. The summed E-state index contributed by atoms with van der Waals surface area (Å²) in [5.74, 6) is 2.16. The van der Waals surface area contributed by atoms with Gasteiger partial charge in [0.15, 0.2) is 22.9 Å². The molecule has 5 fully saturated rings. The molecule has 0 aromatic carbocycles. The molecule has 4 heterocycles. The van der Waals surface area contributed by atoms with Gasteiger partial charge in [0.2, 0.25) is 5.91 Å². The molecule has 0 radical (unpaired) electrons. The standard InChI is InChI=1S/C30H41N9O5/c40-23(41)11-22(36-29(43)44-15-30-12-18-8-19(13-30)10-20(9-18)14-30)39-17-35-24-25(33-16-34-26(24)39)38-6-2-21(3-7-38)27(42)37-28-31-4-1-5-32-28/h16-22H,1-15H2,(H,36,43)(H,40,41)(H2,31,32,37,42). The molecule has 4 saturated carbocycles. The number of aliphatic carboxylic acids is 1. The van der Waals surface area contributed by atoms with E-state index in [1.807, 2.05) is 0 Å². The van der Waals surface area contributed by atoms with Crippen molar-refractivity contribution in [3.63, 3.8) is 0 Å². The van der Waals surface area contributed by atoms with E-state index < -0.39 is 18.2 Å². The number of hydrogen-bond donors (Lipinski definition) is 4. The zero-order valence-corrected chi connectivity index (χ0v) is 24.9. The molecule has 4 N–H and O–H groups in total. The van der Waals surface area contributed by atoms with Gasteiger partial charge in [0.05, 0.1) is 19.4 Å². The van der Waals surface area contributed by atoms with Gasteiger partial charge in [-0.1, -0.05) is 0 Å². The fraction of sp³-hybridized carbons (Fsp3) is 0.700. The first kappa shape index (κ1) is 28.8. The van der Waals surface area contributed by atoms with Crippen LogP contribution in [0, 0.1) is 29.1 Å². The third-order valence-corrected chi connectivity index (χ3v) is 10.3. The molecule has 2 aromatic heterocycles. The van der Waals surface area contributed by atoms with E-state index in [4.69, 9.17) is 4.74 Å². The molecule has 14 heteroatoms. The molecule has 6 aliphatic rings. The number of aromatic nitrogens is 4. The van der Waals surface area contributed by atoms with E-state index in [2.05, 4.69) is 40.8 Å². The Labute approximate surface area is 255 Å². The van der Waals surface area contributed by atoms with E-state index >= 15 is 0 Å². The van der Waals surface area contributed by atoms with Crippen molar-refractivity contribution in [3.05, 3.63) is 12.7 Å². The van der Waals surface area contributed by atoms with Gasteiger partial charge in [-0.15, -0.1) is 0 Å². The van der Waals surface area contributed by atoms with Crippen molar-refractivity contribution in [1.82, 2.24) is 35.5 Å². The molecule has 1 saturated heterocycles. The van der Waals surface area contributed by atoms with E-state index in [-0.39, 0.29) is 23.7 Å². The number of hydrogen-bond acceptors (Lipinski definition) is 10. The highest BCUT2D eigenvalue weighted by Crippen LogP contribution is 2.60. The van der Waals surface area contributed by atoms with E-state index in [0.29, 0.717) is 62.0 Å². The molecule has 44 heavy (non-hydrogen) atoms. The van der Waals surface area contributed by atoms with Crippen LogP contribution in [0.1, 0.15) is 70.4 Å². The number of aliphatic imine (C=N–C) groups is 1. The summed E-state index contributed by atoms with van der Waals surface area (Å²) in [5.41, 5.74) is 0.993. The summed E-state index contributed by atoms with van der Waals surface area (Å²) in [4.78, 5) is 57.5. The van der Waals surface area contributed by atoms with Gasteiger partial charge in [-0.3, -0.25) is 24.5 Å².